The van der Waals surface area contributed by atoms with E-state index in [0.717, 1.165) is 19.4 Å². The second-order valence-electron chi connectivity index (χ2n) is 3.26. The fourth-order valence-corrected chi connectivity index (χ4v) is 1.45. The highest BCUT2D eigenvalue weighted by atomic mass is 16.5. The Morgan fingerprint density at radius 3 is 2.75 bits per heavy atom. The molecule has 1 rings (SSSR count). The molecular weight excluding hydrogens is 154 g/mol. The zero-order valence-corrected chi connectivity index (χ0v) is 7.67. The fourth-order valence-electron chi connectivity index (χ4n) is 1.45. The molecule has 0 unspecified atom stereocenters. The number of likely N-dealkylation sites (N-methyl/N-ethyl adjacent to an activating group) is 1. The molecule has 0 aromatic heterocycles. The van der Waals surface area contributed by atoms with Crippen LogP contribution < -0.4 is 0 Å². The summed E-state index contributed by atoms with van der Waals surface area (Å²) < 4.78 is 4.93. The van der Waals surface area contributed by atoms with Gasteiger partial charge in [0.05, 0.1) is 5.76 Å². The average molecular weight is 169 g/mol. The van der Waals surface area contributed by atoms with E-state index in [4.69, 9.17) is 4.74 Å². The van der Waals surface area contributed by atoms with E-state index in [1.165, 1.54) is 0 Å². The van der Waals surface area contributed by atoms with Crippen molar-refractivity contribution in [3.63, 3.8) is 0 Å². The first-order valence-corrected chi connectivity index (χ1v) is 4.18. The predicted molar refractivity (Wildman–Crippen MR) is 46.6 cm³/mol. The van der Waals surface area contributed by atoms with Crippen LogP contribution in [0.15, 0.2) is 12.3 Å². The van der Waals surface area contributed by atoms with E-state index < -0.39 is 0 Å². The van der Waals surface area contributed by atoms with Gasteiger partial charge in [-0.3, -0.25) is 4.90 Å². The highest BCUT2D eigenvalue weighted by Gasteiger charge is 2.29. The molecule has 1 saturated heterocycles. The molecule has 1 fully saturated rings. The molecule has 0 aromatic rings. The lowest BCUT2D eigenvalue weighted by molar-refractivity contribution is -0.144. The third kappa shape index (κ3) is 2.08. The zero-order chi connectivity index (χ0) is 9.14. The average Bonchev–Trinajstić information content (AvgIpc) is 2.33. The Labute approximate surface area is 73.0 Å². The first-order chi connectivity index (χ1) is 5.61. The number of allylic oxidation sites excluding steroid dienone is 1. The van der Waals surface area contributed by atoms with Gasteiger partial charge >= 0.3 is 5.97 Å². The van der Waals surface area contributed by atoms with Crippen molar-refractivity contribution in [1.82, 2.24) is 4.90 Å². The van der Waals surface area contributed by atoms with E-state index in [9.17, 15) is 4.79 Å². The molecule has 3 heteroatoms. The maximum Gasteiger partial charge on any atom is 0.328 e. The van der Waals surface area contributed by atoms with Crippen molar-refractivity contribution < 1.29 is 9.53 Å². The molecule has 1 aliphatic heterocycles. The van der Waals surface area contributed by atoms with Gasteiger partial charge in [-0.05, 0) is 33.4 Å². The molecule has 0 bridgehead atoms. The van der Waals surface area contributed by atoms with Gasteiger partial charge in [0.2, 0.25) is 0 Å². The van der Waals surface area contributed by atoms with Crippen molar-refractivity contribution in [2.45, 2.75) is 25.8 Å². The van der Waals surface area contributed by atoms with Crippen molar-refractivity contribution >= 4 is 5.97 Å². The molecule has 3 nitrogen and oxygen atoms in total. The minimum absolute atomic E-state index is 0.0540. The lowest BCUT2D eigenvalue weighted by Gasteiger charge is -2.17. The van der Waals surface area contributed by atoms with Crippen LogP contribution in [0.5, 0.6) is 0 Å². The number of carbonyl (C=O) groups is 1. The van der Waals surface area contributed by atoms with E-state index in [1.807, 2.05) is 11.9 Å². The number of likely N-dealkylation sites (tertiary alicyclic amines) is 1. The highest BCUT2D eigenvalue weighted by molar-refractivity contribution is 5.76. The molecule has 0 radical (unpaired) electrons. The summed E-state index contributed by atoms with van der Waals surface area (Å²) in [5.41, 5.74) is 0. The fraction of sp³-hybridized carbons (Fsp3) is 0.667. The van der Waals surface area contributed by atoms with Crippen LogP contribution in [0.1, 0.15) is 19.8 Å². The van der Waals surface area contributed by atoms with Gasteiger partial charge < -0.3 is 4.74 Å². The predicted octanol–water partition coefficient (Wildman–Crippen LogP) is 1.16. The second kappa shape index (κ2) is 3.72. The molecule has 68 valence electrons. The normalized spacial score (nSPS) is 24.0. The minimum atomic E-state index is -0.164. The Balaban J connectivity index is 2.46. The number of hydrogen-bond acceptors (Lipinski definition) is 3. The summed E-state index contributed by atoms with van der Waals surface area (Å²) in [6.45, 7) is 6.20. The van der Waals surface area contributed by atoms with Gasteiger partial charge in [-0.15, -0.1) is 0 Å². The van der Waals surface area contributed by atoms with Gasteiger partial charge in [0, 0.05) is 0 Å². The van der Waals surface area contributed by atoms with Gasteiger partial charge in [-0.2, -0.15) is 0 Å². The summed E-state index contributed by atoms with van der Waals surface area (Å²) >= 11 is 0. The summed E-state index contributed by atoms with van der Waals surface area (Å²) in [5, 5.41) is 0. The number of esters is 1. The monoisotopic (exact) mass is 169 g/mol. The van der Waals surface area contributed by atoms with Crippen molar-refractivity contribution in [2.24, 2.45) is 0 Å². The smallest absolute Gasteiger partial charge is 0.328 e. The third-order valence-corrected chi connectivity index (χ3v) is 2.07. The van der Waals surface area contributed by atoms with Crippen LogP contribution in [0.2, 0.25) is 0 Å². The molecule has 1 aliphatic rings. The van der Waals surface area contributed by atoms with Gasteiger partial charge in [0.25, 0.3) is 0 Å². The lowest BCUT2D eigenvalue weighted by atomic mass is 10.2. The summed E-state index contributed by atoms with van der Waals surface area (Å²) in [6, 6.07) is -0.0540. The van der Waals surface area contributed by atoms with Gasteiger partial charge in [0.15, 0.2) is 0 Å². The first kappa shape index (κ1) is 9.26. The van der Waals surface area contributed by atoms with Gasteiger partial charge in [-0.1, -0.05) is 6.58 Å². The van der Waals surface area contributed by atoms with Crippen molar-refractivity contribution in [2.75, 3.05) is 13.6 Å². The summed E-state index contributed by atoms with van der Waals surface area (Å²) in [7, 11) is 1.94. The molecule has 12 heavy (non-hydrogen) atoms. The molecular formula is C9H15NO2. The Kier molecular flexibility index (Phi) is 2.87. The lowest BCUT2D eigenvalue weighted by Crippen LogP contribution is -2.33. The molecule has 0 aliphatic carbocycles. The summed E-state index contributed by atoms with van der Waals surface area (Å²) in [4.78, 5) is 13.4. The minimum Gasteiger partial charge on any atom is -0.431 e. The maximum absolute atomic E-state index is 11.3. The second-order valence-corrected chi connectivity index (χ2v) is 3.26. The van der Waals surface area contributed by atoms with Crippen LogP contribution in [0.3, 0.4) is 0 Å². The molecule has 0 spiro atoms. The van der Waals surface area contributed by atoms with Crippen LogP contribution in [-0.4, -0.2) is 30.5 Å². The van der Waals surface area contributed by atoms with Crippen molar-refractivity contribution in [1.29, 1.82) is 0 Å². The number of rotatable bonds is 2. The molecule has 0 amide bonds. The van der Waals surface area contributed by atoms with Crippen LogP contribution in [0.4, 0.5) is 0 Å². The Morgan fingerprint density at radius 2 is 2.33 bits per heavy atom. The van der Waals surface area contributed by atoms with Gasteiger partial charge in [0.1, 0.15) is 6.04 Å². The highest BCUT2D eigenvalue weighted by Crippen LogP contribution is 2.16. The maximum atomic E-state index is 11.3. The summed E-state index contributed by atoms with van der Waals surface area (Å²) in [5.74, 6) is 0.308. The molecule has 0 N–H and O–H groups in total. The summed E-state index contributed by atoms with van der Waals surface area (Å²) in [6.07, 6.45) is 1.98. The largest absolute Gasteiger partial charge is 0.431 e. The Hall–Kier alpha value is -0.830. The molecule has 0 saturated carbocycles. The number of carbonyl (C=O) groups excluding carboxylic acids is 1. The van der Waals surface area contributed by atoms with E-state index >= 15 is 0 Å². The topological polar surface area (TPSA) is 29.5 Å². The molecule has 1 atom stereocenters. The Morgan fingerprint density at radius 1 is 1.67 bits per heavy atom. The van der Waals surface area contributed by atoms with E-state index in [0.29, 0.717) is 5.76 Å². The zero-order valence-electron chi connectivity index (χ0n) is 7.67. The van der Waals surface area contributed by atoms with E-state index in [1.54, 1.807) is 6.92 Å². The Bertz CT molecular complexity index is 201. The van der Waals surface area contributed by atoms with Gasteiger partial charge in [-0.25, -0.2) is 4.79 Å². The van der Waals surface area contributed by atoms with E-state index in [-0.39, 0.29) is 12.0 Å². The third-order valence-electron chi connectivity index (χ3n) is 2.07. The molecule has 1 heterocycles. The SMILES string of the molecule is C=C(C)OC(=O)[C@H]1CCCN1C. The number of ether oxygens (including phenoxy) is 1. The van der Waals surface area contributed by atoms with Crippen LogP contribution in [0, 0.1) is 0 Å². The van der Waals surface area contributed by atoms with Crippen LogP contribution in [0.25, 0.3) is 0 Å². The first-order valence-electron chi connectivity index (χ1n) is 4.18. The van der Waals surface area contributed by atoms with Crippen LogP contribution >= 0.6 is 0 Å². The number of nitrogens with zero attached hydrogens (tertiary/aromatic N) is 1. The van der Waals surface area contributed by atoms with E-state index in [2.05, 4.69) is 6.58 Å². The van der Waals surface area contributed by atoms with Crippen molar-refractivity contribution in [3.05, 3.63) is 12.3 Å². The van der Waals surface area contributed by atoms with Crippen molar-refractivity contribution in [3.8, 4) is 0 Å². The standard InChI is InChI=1S/C9H15NO2/c1-7(2)12-9(11)8-5-4-6-10(8)3/h8H,1,4-6H2,2-3H3/t8-/m1/s1. The quantitative estimate of drug-likeness (QED) is 0.459. The number of hydrogen-bond donors (Lipinski definition) is 0. The molecule has 0 aromatic carbocycles. The van der Waals surface area contributed by atoms with Crippen LogP contribution in [-0.2, 0) is 9.53 Å².